The van der Waals surface area contributed by atoms with E-state index in [-0.39, 0.29) is 23.4 Å². The van der Waals surface area contributed by atoms with Crippen LogP contribution in [0.2, 0.25) is 0 Å². The molecule has 4 rings (SSSR count). The molecular formula is C17H17NO2. The molecule has 1 aromatic heterocycles. The molecule has 0 aliphatic heterocycles. The van der Waals surface area contributed by atoms with Gasteiger partial charge in [-0.1, -0.05) is 11.1 Å². The van der Waals surface area contributed by atoms with Gasteiger partial charge in [0.2, 0.25) is 0 Å². The SMILES string of the molecule is O=C1c2cccnc2C(=O)[C@@H]2CC3=C(CCCC3)C[C@@H]12. The first-order valence-electron chi connectivity index (χ1n) is 7.49. The Bertz CT molecular complexity index is 589. The largest absolute Gasteiger partial charge is 0.294 e. The number of Topliss-reactive ketones (excluding diaryl/α,β-unsaturated/α-hetero) is 2. The van der Waals surface area contributed by atoms with Crippen LogP contribution in [-0.2, 0) is 0 Å². The van der Waals surface area contributed by atoms with E-state index in [1.165, 1.54) is 24.0 Å². The fourth-order valence-electron chi connectivity index (χ4n) is 4.07. The summed E-state index contributed by atoms with van der Waals surface area (Å²) < 4.78 is 0. The summed E-state index contributed by atoms with van der Waals surface area (Å²) in [4.78, 5) is 29.4. The number of hydrogen-bond donors (Lipinski definition) is 0. The van der Waals surface area contributed by atoms with Gasteiger partial charge in [0.25, 0.3) is 0 Å². The molecular weight excluding hydrogens is 250 g/mol. The number of ketones is 2. The maximum Gasteiger partial charge on any atom is 0.186 e. The van der Waals surface area contributed by atoms with Crippen molar-refractivity contribution < 1.29 is 9.59 Å². The van der Waals surface area contributed by atoms with Crippen molar-refractivity contribution in [2.24, 2.45) is 11.8 Å². The maximum absolute atomic E-state index is 12.7. The molecule has 1 aromatic rings. The average Bonchev–Trinajstić information content (AvgIpc) is 2.51. The molecule has 0 saturated heterocycles. The second-order valence-electron chi connectivity index (χ2n) is 6.16. The van der Waals surface area contributed by atoms with Crippen LogP contribution >= 0.6 is 0 Å². The molecule has 0 saturated carbocycles. The molecule has 3 heteroatoms. The molecule has 0 N–H and O–H groups in total. The molecule has 0 fully saturated rings. The van der Waals surface area contributed by atoms with Crippen LogP contribution in [-0.4, -0.2) is 16.6 Å². The zero-order valence-corrected chi connectivity index (χ0v) is 11.4. The first kappa shape index (κ1) is 12.0. The molecule has 0 radical (unpaired) electrons. The summed E-state index contributed by atoms with van der Waals surface area (Å²) in [6.07, 6.45) is 7.91. The van der Waals surface area contributed by atoms with Crippen molar-refractivity contribution in [3.8, 4) is 0 Å². The van der Waals surface area contributed by atoms with Crippen molar-refractivity contribution in [1.29, 1.82) is 0 Å². The van der Waals surface area contributed by atoms with Gasteiger partial charge in [-0.3, -0.25) is 14.6 Å². The summed E-state index contributed by atoms with van der Waals surface area (Å²) in [5, 5.41) is 0. The lowest BCUT2D eigenvalue weighted by Gasteiger charge is -2.37. The van der Waals surface area contributed by atoms with E-state index in [1.54, 1.807) is 18.3 Å². The molecule has 0 amide bonds. The smallest absolute Gasteiger partial charge is 0.186 e. The normalized spacial score (nSPS) is 28.8. The van der Waals surface area contributed by atoms with E-state index in [0.29, 0.717) is 11.3 Å². The second-order valence-corrected chi connectivity index (χ2v) is 6.16. The van der Waals surface area contributed by atoms with Crippen molar-refractivity contribution >= 4 is 11.6 Å². The van der Waals surface area contributed by atoms with Gasteiger partial charge in [0.05, 0.1) is 0 Å². The summed E-state index contributed by atoms with van der Waals surface area (Å²) in [6.45, 7) is 0. The molecule has 20 heavy (non-hydrogen) atoms. The van der Waals surface area contributed by atoms with Gasteiger partial charge >= 0.3 is 0 Å². The molecule has 3 nitrogen and oxygen atoms in total. The molecule has 0 unspecified atom stereocenters. The fourth-order valence-corrected chi connectivity index (χ4v) is 4.07. The number of fused-ring (bicyclic) bond motifs is 2. The summed E-state index contributed by atoms with van der Waals surface area (Å²) in [5.41, 5.74) is 3.86. The molecule has 1 heterocycles. The van der Waals surface area contributed by atoms with Gasteiger partial charge in [-0.15, -0.1) is 0 Å². The number of hydrogen-bond acceptors (Lipinski definition) is 3. The van der Waals surface area contributed by atoms with Crippen LogP contribution in [0.5, 0.6) is 0 Å². The average molecular weight is 267 g/mol. The van der Waals surface area contributed by atoms with E-state index in [4.69, 9.17) is 0 Å². The van der Waals surface area contributed by atoms with E-state index >= 15 is 0 Å². The molecule has 3 aliphatic rings. The molecule has 102 valence electrons. The van der Waals surface area contributed by atoms with E-state index in [0.717, 1.165) is 25.7 Å². The van der Waals surface area contributed by atoms with Gasteiger partial charge < -0.3 is 0 Å². The van der Waals surface area contributed by atoms with Gasteiger partial charge in [-0.2, -0.15) is 0 Å². The number of nitrogens with zero attached hydrogens (tertiary/aromatic N) is 1. The monoisotopic (exact) mass is 267 g/mol. The van der Waals surface area contributed by atoms with Crippen molar-refractivity contribution in [2.45, 2.75) is 38.5 Å². The number of pyridine rings is 1. The third-order valence-corrected chi connectivity index (χ3v) is 5.11. The van der Waals surface area contributed by atoms with Crippen LogP contribution in [0.15, 0.2) is 29.5 Å². The van der Waals surface area contributed by atoms with Gasteiger partial charge in [-0.25, -0.2) is 0 Å². The van der Waals surface area contributed by atoms with Crippen molar-refractivity contribution in [1.82, 2.24) is 4.98 Å². The summed E-state index contributed by atoms with van der Waals surface area (Å²) in [7, 11) is 0. The van der Waals surface area contributed by atoms with Crippen molar-refractivity contribution in [3.05, 3.63) is 40.7 Å². The Morgan fingerprint density at radius 1 is 0.950 bits per heavy atom. The van der Waals surface area contributed by atoms with Gasteiger partial charge in [0.15, 0.2) is 11.6 Å². The Morgan fingerprint density at radius 3 is 2.30 bits per heavy atom. The molecule has 3 aliphatic carbocycles. The van der Waals surface area contributed by atoms with Gasteiger partial charge in [-0.05, 0) is 50.7 Å². The minimum atomic E-state index is -0.151. The maximum atomic E-state index is 12.7. The zero-order valence-electron chi connectivity index (χ0n) is 11.4. The van der Waals surface area contributed by atoms with Crippen molar-refractivity contribution in [3.63, 3.8) is 0 Å². The van der Waals surface area contributed by atoms with Crippen LogP contribution in [0.25, 0.3) is 0 Å². The highest BCUT2D eigenvalue weighted by Gasteiger charge is 2.45. The fraction of sp³-hybridized carbons (Fsp3) is 0.471. The Morgan fingerprint density at radius 2 is 1.60 bits per heavy atom. The number of allylic oxidation sites excluding steroid dienone is 2. The van der Waals surface area contributed by atoms with Crippen molar-refractivity contribution in [2.75, 3.05) is 0 Å². The highest BCUT2D eigenvalue weighted by Crippen LogP contribution is 2.45. The van der Waals surface area contributed by atoms with E-state index in [1.807, 2.05) is 0 Å². The third-order valence-electron chi connectivity index (χ3n) is 5.11. The first-order chi connectivity index (χ1) is 9.75. The first-order valence-corrected chi connectivity index (χ1v) is 7.49. The third kappa shape index (κ3) is 1.62. The van der Waals surface area contributed by atoms with Crippen LogP contribution in [0.1, 0.15) is 59.4 Å². The van der Waals surface area contributed by atoms with E-state index < -0.39 is 0 Å². The summed E-state index contributed by atoms with van der Waals surface area (Å²) >= 11 is 0. The zero-order chi connectivity index (χ0) is 13.7. The number of carbonyl (C=O) groups is 2. The minimum Gasteiger partial charge on any atom is -0.294 e. The molecule has 0 bridgehead atoms. The van der Waals surface area contributed by atoms with Crippen LogP contribution in [0.3, 0.4) is 0 Å². The number of aromatic nitrogens is 1. The highest BCUT2D eigenvalue weighted by molar-refractivity contribution is 6.15. The van der Waals surface area contributed by atoms with E-state index in [9.17, 15) is 9.59 Å². The molecule has 2 atom stereocenters. The Kier molecular flexibility index (Phi) is 2.62. The quantitative estimate of drug-likeness (QED) is 0.677. The second kappa shape index (κ2) is 4.37. The van der Waals surface area contributed by atoms with Crippen LogP contribution in [0.4, 0.5) is 0 Å². The molecule has 0 aromatic carbocycles. The Labute approximate surface area is 118 Å². The summed E-state index contributed by atoms with van der Waals surface area (Å²) in [5.74, 6) is -0.0602. The standard InChI is InChI=1S/C17H17NO2/c19-16-12-6-3-7-18-15(12)17(20)14-9-11-5-2-1-4-10(11)8-13(14)16/h3,6-7,13-14H,1-2,4-5,8-9H2/t13-,14-/m1/s1. The number of carbonyl (C=O) groups excluding carboxylic acids is 2. The van der Waals surface area contributed by atoms with Crippen LogP contribution in [0, 0.1) is 11.8 Å². The predicted molar refractivity (Wildman–Crippen MR) is 74.6 cm³/mol. The van der Waals surface area contributed by atoms with E-state index in [2.05, 4.69) is 4.98 Å². The van der Waals surface area contributed by atoms with Gasteiger partial charge in [0.1, 0.15) is 5.69 Å². The topological polar surface area (TPSA) is 47.0 Å². The Hall–Kier alpha value is -1.77. The van der Waals surface area contributed by atoms with Crippen LogP contribution < -0.4 is 0 Å². The predicted octanol–water partition coefficient (Wildman–Crippen LogP) is 3.36. The highest BCUT2D eigenvalue weighted by atomic mass is 16.1. The lowest BCUT2D eigenvalue weighted by Crippen LogP contribution is -2.40. The Balaban J connectivity index is 1.78. The minimum absolute atomic E-state index is 0.0855. The van der Waals surface area contributed by atoms with Gasteiger partial charge in [0, 0.05) is 23.6 Å². The number of rotatable bonds is 0. The molecule has 0 spiro atoms. The summed E-state index contributed by atoms with van der Waals surface area (Å²) in [6, 6.07) is 3.50. The lowest BCUT2D eigenvalue weighted by molar-refractivity contribution is 0.0712. The lowest BCUT2D eigenvalue weighted by atomic mass is 9.65.